The summed E-state index contributed by atoms with van der Waals surface area (Å²) in [5, 5.41) is 3.56. The molecule has 0 amide bonds. The minimum Gasteiger partial charge on any atom is -0.314 e. The van der Waals surface area contributed by atoms with Crippen LogP contribution in [0.5, 0.6) is 0 Å². The van der Waals surface area contributed by atoms with Gasteiger partial charge in [-0.2, -0.15) is 0 Å². The Labute approximate surface area is 70.6 Å². The van der Waals surface area contributed by atoms with E-state index in [0.717, 1.165) is 12.0 Å². The van der Waals surface area contributed by atoms with Gasteiger partial charge in [-0.15, -0.1) is 0 Å². The van der Waals surface area contributed by atoms with Crippen molar-refractivity contribution in [3.63, 3.8) is 0 Å². The number of nitrogens with one attached hydrogen (secondary N) is 1. The Bertz CT molecular complexity index is 93.0. The summed E-state index contributed by atoms with van der Waals surface area (Å²) < 4.78 is 0. The smallest absolute Gasteiger partial charge is 0.00682 e. The second kappa shape index (κ2) is 4.76. The molecular weight excluding hydrogens is 134 g/mol. The molecule has 0 saturated heterocycles. The first-order chi connectivity index (χ1) is 5.36. The lowest BCUT2D eigenvalue weighted by molar-refractivity contribution is 0.438. The Morgan fingerprint density at radius 1 is 1.27 bits per heavy atom. The zero-order chi connectivity index (χ0) is 8.10. The fraction of sp³-hybridized carbons (Fsp3) is 1.00. The van der Waals surface area contributed by atoms with Gasteiger partial charge >= 0.3 is 0 Å². The molecule has 11 heavy (non-hydrogen) atoms. The van der Waals surface area contributed by atoms with Crippen molar-refractivity contribution in [3.05, 3.63) is 0 Å². The average Bonchev–Trinajstić information content (AvgIpc) is 2.82. The zero-order valence-corrected chi connectivity index (χ0v) is 7.90. The minimum atomic E-state index is 0.893. The quantitative estimate of drug-likeness (QED) is 0.621. The molecule has 66 valence electrons. The lowest BCUT2D eigenvalue weighted by atomic mass is 10.00. The highest BCUT2D eigenvalue weighted by molar-refractivity contribution is 4.80. The third-order valence-corrected chi connectivity index (χ3v) is 2.72. The molecule has 0 heterocycles. The Hall–Kier alpha value is -0.0400. The van der Waals surface area contributed by atoms with Crippen LogP contribution in [0.2, 0.25) is 0 Å². The molecule has 1 nitrogen and oxygen atoms in total. The third kappa shape index (κ3) is 3.76. The van der Waals surface area contributed by atoms with Gasteiger partial charge in [0.15, 0.2) is 0 Å². The van der Waals surface area contributed by atoms with Crippen LogP contribution in [0.15, 0.2) is 0 Å². The lowest BCUT2D eigenvalue weighted by Crippen LogP contribution is -2.19. The van der Waals surface area contributed by atoms with Crippen molar-refractivity contribution in [2.45, 2.75) is 52.0 Å². The van der Waals surface area contributed by atoms with Crippen molar-refractivity contribution in [3.8, 4) is 0 Å². The van der Waals surface area contributed by atoms with Gasteiger partial charge in [-0.1, -0.05) is 26.7 Å². The Morgan fingerprint density at radius 3 is 2.36 bits per heavy atom. The van der Waals surface area contributed by atoms with Crippen LogP contribution in [-0.2, 0) is 0 Å². The maximum absolute atomic E-state index is 3.56. The first-order valence-electron chi connectivity index (χ1n) is 5.10. The summed E-state index contributed by atoms with van der Waals surface area (Å²) in [7, 11) is 0. The van der Waals surface area contributed by atoms with Crippen molar-refractivity contribution in [2.75, 3.05) is 6.54 Å². The van der Waals surface area contributed by atoms with Gasteiger partial charge in [-0.05, 0) is 31.7 Å². The van der Waals surface area contributed by atoms with Crippen LogP contribution in [0.25, 0.3) is 0 Å². The van der Waals surface area contributed by atoms with Gasteiger partial charge in [-0.25, -0.2) is 0 Å². The molecule has 0 aliphatic heterocycles. The molecule has 0 unspecified atom stereocenters. The van der Waals surface area contributed by atoms with E-state index in [1.54, 1.807) is 0 Å². The van der Waals surface area contributed by atoms with E-state index in [2.05, 4.69) is 19.2 Å². The van der Waals surface area contributed by atoms with Gasteiger partial charge in [0.05, 0.1) is 0 Å². The van der Waals surface area contributed by atoms with E-state index in [0.29, 0.717) is 0 Å². The topological polar surface area (TPSA) is 12.0 Å². The van der Waals surface area contributed by atoms with Gasteiger partial charge in [-0.3, -0.25) is 0 Å². The predicted molar refractivity (Wildman–Crippen MR) is 49.7 cm³/mol. The van der Waals surface area contributed by atoms with E-state index in [9.17, 15) is 0 Å². The normalized spacial score (nSPS) is 17.7. The number of rotatable bonds is 6. The van der Waals surface area contributed by atoms with Crippen molar-refractivity contribution in [1.29, 1.82) is 0 Å². The van der Waals surface area contributed by atoms with Gasteiger partial charge in [0, 0.05) is 6.04 Å². The van der Waals surface area contributed by atoms with E-state index in [-0.39, 0.29) is 0 Å². The van der Waals surface area contributed by atoms with Gasteiger partial charge in [0.1, 0.15) is 0 Å². The Balaban J connectivity index is 1.90. The van der Waals surface area contributed by atoms with E-state index in [4.69, 9.17) is 0 Å². The van der Waals surface area contributed by atoms with E-state index in [1.165, 1.54) is 38.6 Å². The highest BCUT2D eigenvalue weighted by atomic mass is 14.9. The Morgan fingerprint density at radius 2 is 1.91 bits per heavy atom. The summed E-state index contributed by atoms with van der Waals surface area (Å²) in [6.07, 6.45) is 6.92. The summed E-state index contributed by atoms with van der Waals surface area (Å²) in [6.45, 7) is 5.84. The predicted octanol–water partition coefficient (Wildman–Crippen LogP) is 2.56. The molecule has 1 fully saturated rings. The summed E-state index contributed by atoms with van der Waals surface area (Å²) >= 11 is 0. The van der Waals surface area contributed by atoms with Crippen LogP contribution in [0.1, 0.15) is 46.0 Å². The second-order valence-electron chi connectivity index (χ2n) is 3.70. The summed E-state index contributed by atoms with van der Waals surface area (Å²) in [6, 6.07) is 0.893. The number of hydrogen-bond donors (Lipinski definition) is 1. The summed E-state index contributed by atoms with van der Waals surface area (Å²) in [4.78, 5) is 0. The molecule has 1 aliphatic rings. The Kier molecular flexibility index (Phi) is 3.92. The maximum atomic E-state index is 3.56. The van der Waals surface area contributed by atoms with Crippen molar-refractivity contribution >= 4 is 0 Å². The lowest BCUT2D eigenvalue weighted by Gasteiger charge is -2.11. The largest absolute Gasteiger partial charge is 0.314 e. The van der Waals surface area contributed by atoms with Crippen molar-refractivity contribution < 1.29 is 0 Å². The molecule has 0 radical (unpaired) electrons. The van der Waals surface area contributed by atoms with Gasteiger partial charge in [0.25, 0.3) is 0 Å². The van der Waals surface area contributed by atoms with Crippen LogP contribution in [-0.4, -0.2) is 12.6 Å². The third-order valence-electron chi connectivity index (χ3n) is 2.72. The first kappa shape index (κ1) is 9.05. The number of hydrogen-bond acceptors (Lipinski definition) is 1. The van der Waals surface area contributed by atoms with Crippen LogP contribution in [0.3, 0.4) is 0 Å². The molecule has 0 aromatic rings. The standard InChI is InChI=1S/C10H21N/c1-3-9(4-2)7-8-11-10-5-6-10/h9-11H,3-8H2,1-2H3. The molecular formula is C10H21N. The SMILES string of the molecule is CCC(CC)CCNC1CC1. The molecule has 0 atom stereocenters. The van der Waals surface area contributed by atoms with Crippen molar-refractivity contribution in [2.24, 2.45) is 5.92 Å². The maximum Gasteiger partial charge on any atom is 0.00682 e. The molecule has 0 spiro atoms. The molecule has 0 aromatic heterocycles. The van der Waals surface area contributed by atoms with Crippen LogP contribution < -0.4 is 5.32 Å². The van der Waals surface area contributed by atoms with Crippen LogP contribution in [0, 0.1) is 5.92 Å². The van der Waals surface area contributed by atoms with E-state index >= 15 is 0 Å². The molecule has 1 saturated carbocycles. The van der Waals surface area contributed by atoms with E-state index < -0.39 is 0 Å². The molecule has 1 N–H and O–H groups in total. The van der Waals surface area contributed by atoms with Gasteiger partial charge in [0.2, 0.25) is 0 Å². The van der Waals surface area contributed by atoms with Gasteiger partial charge < -0.3 is 5.32 Å². The van der Waals surface area contributed by atoms with Crippen molar-refractivity contribution in [1.82, 2.24) is 5.32 Å². The van der Waals surface area contributed by atoms with Crippen LogP contribution in [0.4, 0.5) is 0 Å². The molecule has 1 heteroatoms. The fourth-order valence-electron chi connectivity index (χ4n) is 1.48. The average molecular weight is 155 g/mol. The zero-order valence-electron chi connectivity index (χ0n) is 7.90. The molecule has 0 aromatic carbocycles. The highest BCUT2D eigenvalue weighted by Gasteiger charge is 2.19. The molecule has 1 rings (SSSR count). The molecule has 1 aliphatic carbocycles. The second-order valence-corrected chi connectivity index (χ2v) is 3.70. The summed E-state index contributed by atoms with van der Waals surface area (Å²) in [5.74, 6) is 0.959. The summed E-state index contributed by atoms with van der Waals surface area (Å²) in [5.41, 5.74) is 0. The first-order valence-corrected chi connectivity index (χ1v) is 5.10. The minimum absolute atomic E-state index is 0.893. The van der Waals surface area contributed by atoms with Crippen LogP contribution >= 0.6 is 0 Å². The fourth-order valence-corrected chi connectivity index (χ4v) is 1.48. The molecule has 0 bridgehead atoms. The highest BCUT2D eigenvalue weighted by Crippen LogP contribution is 2.19. The van der Waals surface area contributed by atoms with E-state index in [1.807, 2.05) is 0 Å². The monoisotopic (exact) mass is 155 g/mol.